The van der Waals surface area contributed by atoms with Gasteiger partial charge in [0, 0.05) is 5.56 Å². The summed E-state index contributed by atoms with van der Waals surface area (Å²) in [6.07, 6.45) is 0. The van der Waals surface area contributed by atoms with Crippen molar-refractivity contribution in [2.45, 2.75) is 19.8 Å². The van der Waals surface area contributed by atoms with E-state index < -0.39 is 11.8 Å². The molecule has 0 bridgehead atoms. The van der Waals surface area contributed by atoms with Crippen LogP contribution >= 0.6 is 0 Å². The first kappa shape index (κ1) is 21.9. The molecule has 3 rings (SSSR count). The Bertz CT molecular complexity index is 1000. The fraction of sp³-hybridized carbons (Fsp3) is 0.200. The highest BCUT2D eigenvalue weighted by atomic mass is 16.5. The van der Waals surface area contributed by atoms with E-state index in [-0.39, 0.29) is 13.2 Å². The highest BCUT2D eigenvalue weighted by Gasteiger charge is 2.10. The zero-order valence-electron chi connectivity index (χ0n) is 17.6. The van der Waals surface area contributed by atoms with Gasteiger partial charge < -0.3 is 9.47 Å². The van der Waals surface area contributed by atoms with Crippen molar-refractivity contribution in [3.63, 3.8) is 0 Å². The maximum Gasteiger partial charge on any atom is 0.276 e. The number of rotatable bonds is 8. The maximum atomic E-state index is 12.1. The van der Waals surface area contributed by atoms with Crippen LogP contribution in [0.5, 0.6) is 11.5 Å². The molecular weight excluding hydrogens is 392 g/mol. The molecule has 31 heavy (non-hydrogen) atoms. The van der Waals surface area contributed by atoms with Crippen LogP contribution in [0.1, 0.15) is 25.3 Å². The summed E-state index contributed by atoms with van der Waals surface area (Å²) < 4.78 is 11.1. The fourth-order valence-corrected chi connectivity index (χ4v) is 2.90. The van der Waals surface area contributed by atoms with Crippen molar-refractivity contribution >= 4 is 11.8 Å². The van der Waals surface area contributed by atoms with Gasteiger partial charge in [0.1, 0.15) is 11.5 Å². The van der Waals surface area contributed by atoms with Gasteiger partial charge in [-0.05, 0) is 35.2 Å². The average Bonchev–Trinajstić information content (AvgIpc) is 2.81. The van der Waals surface area contributed by atoms with Crippen molar-refractivity contribution in [3.8, 4) is 22.6 Å². The van der Waals surface area contributed by atoms with E-state index in [1.165, 1.54) is 5.56 Å². The van der Waals surface area contributed by atoms with Gasteiger partial charge in [-0.2, -0.15) is 0 Å². The van der Waals surface area contributed by atoms with Crippen LogP contribution in [0, 0.1) is 0 Å². The minimum absolute atomic E-state index is 0.209. The molecule has 0 aromatic heterocycles. The second-order valence-electron chi connectivity index (χ2n) is 7.26. The van der Waals surface area contributed by atoms with Crippen molar-refractivity contribution in [2.24, 2.45) is 0 Å². The highest BCUT2D eigenvalue weighted by Crippen LogP contribution is 2.29. The van der Waals surface area contributed by atoms with Crippen LogP contribution in [0.2, 0.25) is 0 Å². The minimum Gasteiger partial charge on any atom is -0.484 e. The van der Waals surface area contributed by atoms with Gasteiger partial charge in [-0.1, -0.05) is 74.5 Å². The second-order valence-corrected chi connectivity index (χ2v) is 7.26. The summed E-state index contributed by atoms with van der Waals surface area (Å²) in [5, 5.41) is 0. The number of benzene rings is 3. The lowest BCUT2D eigenvalue weighted by molar-refractivity contribution is -0.131. The predicted molar refractivity (Wildman–Crippen MR) is 120 cm³/mol. The molecule has 0 aliphatic carbocycles. The molecular formula is C25H26N2O4. The van der Waals surface area contributed by atoms with Crippen molar-refractivity contribution in [3.05, 3.63) is 84.4 Å². The monoisotopic (exact) mass is 418 g/mol. The van der Waals surface area contributed by atoms with Crippen LogP contribution in [0.15, 0.2) is 78.9 Å². The summed E-state index contributed by atoms with van der Waals surface area (Å²) >= 11 is 0. The van der Waals surface area contributed by atoms with E-state index in [1.807, 2.05) is 72.8 Å². The topological polar surface area (TPSA) is 76.7 Å². The quantitative estimate of drug-likeness (QED) is 0.541. The lowest BCUT2D eigenvalue weighted by atomic mass is 10.0. The third-order valence-corrected chi connectivity index (χ3v) is 4.59. The summed E-state index contributed by atoms with van der Waals surface area (Å²) in [5.41, 5.74) is 7.72. The van der Waals surface area contributed by atoms with Crippen LogP contribution in [-0.4, -0.2) is 25.0 Å². The fourth-order valence-electron chi connectivity index (χ4n) is 2.90. The molecule has 0 saturated heterocycles. The number of hydrazine groups is 1. The first-order valence-electron chi connectivity index (χ1n) is 10.1. The molecule has 0 saturated carbocycles. The molecule has 160 valence electrons. The summed E-state index contributed by atoms with van der Waals surface area (Å²) in [5.74, 6) is 0.660. The number of carbonyl (C=O) groups excluding carboxylic acids is 2. The molecule has 0 aliphatic heterocycles. The summed E-state index contributed by atoms with van der Waals surface area (Å²) in [6, 6.07) is 24.8. The molecule has 0 aliphatic rings. The minimum atomic E-state index is -0.475. The zero-order valence-corrected chi connectivity index (χ0v) is 17.6. The van der Waals surface area contributed by atoms with Gasteiger partial charge in [0.05, 0.1) is 0 Å². The van der Waals surface area contributed by atoms with E-state index in [9.17, 15) is 9.59 Å². The number of carbonyl (C=O) groups is 2. The number of amides is 2. The Morgan fingerprint density at radius 3 is 1.97 bits per heavy atom. The largest absolute Gasteiger partial charge is 0.484 e. The van der Waals surface area contributed by atoms with E-state index in [0.717, 1.165) is 11.1 Å². The molecule has 0 atom stereocenters. The van der Waals surface area contributed by atoms with Gasteiger partial charge in [0.2, 0.25) is 0 Å². The third kappa shape index (κ3) is 6.60. The Balaban J connectivity index is 1.43. The lowest BCUT2D eigenvalue weighted by Gasteiger charge is -2.12. The SMILES string of the molecule is CC(C)c1ccc(OCC(=O)NNC(=O)COc2ccccc2-c2ccccc2)cc1. The number of hydrogen-bond acceptors (Lipinski definition) is 4. The average molecular weight is 418 g/mol. The molecule has 6 heteroatoms. The molecule has 0 fully saturated rings. The zero-order chi connectivity index (χ0) is 22.1. The first-order valence-corrected chi connectivity index (χ1v) is 10.1. The molecule has 2 N–H and O–H groups in total. The Labute approximate surface area is 182 Å². The van der Waals surface area contributed by atoms with Gasteiger partial charge in [-0.3, -0.25) is 20.4 Å². The van der Waals surface area contributed by atoms with E-state index in [1.54, 1.807) is 6.07 Å². The van der Waals surface area contributed by atoms with Gasteiger partial charge in [0.15, 0.2) is 13.2 Å². The summed E-state index contributed by atoms with van der Waals surface area (Å²) in [7, 11) is 0. The van der Waals surface area contributed by atoms with Crippen molar-refractivity contribution < 1.29 is 19.1 Å². The smallest absolute Gasteiger partial charge is 0.276 e. The highest BCUT2D eigenvalue weighted by molar-refractivity contribution is 5.83. The molecule has 0 unspecified atom stereocenters. The number of para-hydroxylation sites is 1. The van der Waals surface area contributed by atoms with Gasteiger partial charge in [-0.15, -0.1) is 0 Å². The lowest BCUT2D eigenvalue weighted by Crippen LogP contribution is -2.45. The Kier molecular flexibility index (Phi) is 7.65. The molecule has 3 aromatic rings. The summed E-state index contributed by atoms with van der Waals surface area (Å²) in [6.45, 7) is 3.77. The standard InChI is InChI=1S/C25H26N2O4/c1-18(2)19-12-14-21(15-13-19)30-16-24(28)26-27-25(29)17-31-23-11-7-6-10-22(23)20-8-4-3-5-9-20/h3-15,18H,16-17H2,1-2H3,(H,26,28)(H,27,29). The maximum absolute atomic E-state index is 12.1. The van der Waals surface area contributed by atoms with E-state index in [4.69, 9.17) is 9.47 Å². The van der Waals surface area contributed by atoms with Crippen molar-refractivity contribution in [1.82, 2.24) is 10.9 Å². The van der Waals surface area contributed by atoms with Gasteiger partial charge in [-0.25, -0.2) is 0 Å². The summed E-state index contributed by atoms with van der Waals surface area (Å²) in [4.78, 5) is 24.0. The molecule has 0 radical (unpaired) electrons. The molecule has 3 aromatic carbocycles. The first-order chi connectivity index (χ1) is 15.0. The van der Waals surface area contributed by atoms with Crippen LogP contribution in [0.25, 0.3) is 11.1 Å². The molecule has 0 heterocycles. The predicted octanol–water partition coefficient (Wildman–Crippen LogP) is 4.08. The van der Waals surface area contributed by atoms with Gasteiger partial charge in [0.25, 0.3) is 11.8 Å². The van der Waals surface area contributed by atoms with Crippen LogP contribution in [0.3, 0.4) is 0 Å². The molecule has 2 amide bonds. The van der Waals surface area contributed by atoms with Crippen molar-refractivity contribution in [1.29, 1.82) is 0 Å². The van der Waals surface area contributed by atoms with Gasteiger partial charge >= 0.3 is 0 Å². The Morgan fingerprint density at radius 2 is 1.32 bits per heavy atom. The van der Waals surface area contributed by atoms with Crippen LogP contribution in [0.4, 0.5) is 0 Å². The number of hydrogen-bond donors (Lipinski definition) is 2. The Morgan fingerprint density at radius 1 is 0.742 bits per heavy atom. The van der Waals surface area contributed by atoms with E-state index >= 15 is 0 Å². The Hall–Kier alpha value is -3.80. The van der Waals surface area contributed by atoms with Crippen molar-refractivity contribution in [2.75, 3.05) is 13.2 Å². The van der Waals surface area contributed by atoms with Crippen LogP contribution < -0.4 is 20.3 Å². The molecule has 6 nitrogen and oxygen atoms in total. The number of nitrogens with one attached hydrogen (secondary N) is 2. The van der Waals surface area contributed by atoms with E-state index in [0.29, 0.717) is 17.4 Å². The van der Waals surface area contributed by atoms with Crippen LogP contribution in [-0.2, 0) is 9.59 Å². The second kappa shape index (κ2) is 10.8. The molecule has 0 spiro atoms. The normalized spacial score (nSPS) is 10.4. The van der Waals surface area contributed by atoms with E-state index in [2.05, 4.69) is 24.7 Å². The number of ether oxygens (including phenoxy) is 2. The third-order valence-electron chi connectivity index (χ3n) is 4.59.